The monoisotopic (exact) mass is 1090 g/mol. The summed E-state index contributed by atoms with van der Waals surface area (Å²) in [6.45, 7) is 18.4. The van der Waals surface area contributed by atoms with Crippen LogP contribution in [0.4, 0.5) is 0 Å². The van der Waals surface area contributed by atoms with E-state index in [9.17, 15) is 28.8 Å². The Bertz CT molecular complexity index is 3370. The fraction of sp³-hybridized carbons (Fsp3) is 0.167. The Morgan fingerprint density at radius 1 is 0.412 bits per heavy atom. The number of aromatic nitrogens is 10. The van der Waals surface area contributed by atoms with Gasteiger partial charge < -0.3 is 50.3 Å². The van der Waals surface area contributed by atoms with E-state index in [0.717, 1.165) is 50.5 Å². The number of H-pyrrole nitrogens is 6. The van der Waals surface area contributed by atoms with Crippen LogP contribution in [0.1, 0.15) is 56.2 Å². The van der Waals surface area contributed by atoms with Crippen molar-refractivity contribution in [1.29, 1.82) is 0 Å². The number of aromatic amines is 6. The minimum Gasteiger partial charge on any atom is -0.506 e. The fourth-order valence-corrected chi connectivity index (χ4v) is 5.09. The average molecular weight is 1090 g/mol. The minimum atomic E-state index is -0.0457. The first-order valence-electron chi connectivity index (χ1n) is 24.3. The van der Waals surface area contributed by atoms with Gasteiger partial charge in [0.2, 0.25) is 16.7 Å². The summed E-state index contributed by atoms with van der Waals surface area (Å²) >= 11 is 0. The maximum Gasteiger partial charge on any atom is 0.250 e. The molecule has 20 heteroatoms. The lowest BCUT2D eigenvalue weighted by atomic mass is 10.3. The molecule has 10 rings (SSSR count). The quantitative estimate of drug-likeness (QED) is 0.0681. The van der Waals surface area contributed by atoms with Crippen molar-refractivity contribution >= 4 is 0 Å². The minimum absolute atomic E-state index is 0.00694. The third-order valence-electron chi connectivity index (χ3n) is 9.48. The zero-order valence-corrected chi connectivity index (χ0v) is 46.3. The van der Waals surface area contributed by atoms with Crippen LogP contribution in [0.25, 0.3) is 0 Å². The van der Waals surface area contributed by atoms with Crippen LogP contribution in [0.15, 0.2) is 212 Å². The molecule has 0 aromatic carbocycles. The molecule has 10 N–H and O–H groups in total. The van der Waals surface area contributed by atoms with E-state index in [4.69, 9.17) is 20.4 Å². The van der Waals surface area contributed by atoms with Gasteiger partial charge in [-0.3, -0.25) is 48.7 Å². The Kier molecular flexibility index (Phi) is 32.9. The van der Waals surface area contributed by atoms with Crippen molar-refractivity contribution in [2.75, 3.05) is 0 Å². The number of hydrogen-bond acceptors (Lipinski definition) is 14. The molecule has 0 spiro atoms. The van der Waals surface area contributed by atoms with Gasteiger partial charge in [-0.05, 0) is 146 Å². The zero-order valence-electron chi connectivity index (χ0n) is 46.3. The molecular formula is C60H70N10O10. The molecule has 420 valence electrons. The first-order valence-corrected chi connectivity index (χ1v) is 24.3. The first-order chi connectivity index (χ1) is 37.9. The van der Waals surface area contributed by atoms with Crippen LogP contribution in [0.2, 0.25) is 0 Å². The van der Waals surface area contributed by atoms with Crippen LogP contribution < -0.4 is 33.1 Å². The smallest absolute Gasteiger partial charge is 0.250 e. The van der Waals surface area contributed by atoms with E-state index in [1.165, 1.54) is 42.9 Å². The van der Waals surface area contributed by atoms with Crippen molar-refractivity contribution in [2.24, 2.45) is 0 Å². The Morgan fingerprint density at radius 2 is 1.15 bits per heavy atom. The summed E-state index contributed by atoms with van der Waals surface area (Å²) in [6.07, 6.45) is 19.1. The van der Waals surface area contributed by atoms with Crippen molar-refractivity contribution < 1.29 is 20.4 Å². The second-order valence-electron chi connectivity index (χ2n) is 16.9. The van der Waals surface area contributed by atoms with Crippen molar-refractivity contribution in [2.45, 2.75) is 69.2 Å². The lowest BCUT2D eigenvalue weighted by Crippen LogP contribution is -2.06. The van der Waals surface area contributed by atoms with Gasteiger partial charge in [0.05, 0.1) is 24.3 Å². The first kappa shape index (κ1) is 67.5. The van der Waals surface area contributed by atoms with Crippen LogP contribution in [-0.4, -0.2) is 70.3 Å². The lowest BCUT2D eigenvalue weighted by molar-refractivity contribution is 0.467. The number of hydrogen-bond donors (Lipinski definition) is 10. The largest absolute Gasteiger partial charge is 0.506 e. The summed E-state index contributed by atoms with van der Waals surface area (Å²) in [5, 5.41) is 35.2. The highest BCUT2D eigenvalue weighted by atomic mass is 16.3. The van der Waals surface area contributed by atoms with Crippen molar-refractivity contribution in [1.82, 2.24) is 49.8 Å². The summed E-state index contributed by atoms with van der Waals surface area (Å²) in [7, 11) is 0. The third-order valence-corrected chi connectivity index (χ3v) is 9.48. The van der Waals surface area contributed by atoms with E-state index < -0.39 is 0 Å². The summed E-state index contributed by atoms with van der Waals surface area (Å²) in [4.78, 5) is 93.8. The summed E-state index contributed by atoms with van der Waals surface area (Å²) < 4.78 is 0. The van der Waals surface area contributed by atoms with Crippen molar-refractivity contribution in [3.05, 3.63) is 302 Å². The van der Waals surface area contributed by atoms with Gasteiger partial charge in [-0.25, -0.2) is 0 Å². The topological polar surface area (TPSA) is 330 Å². The molecule has 80 heavy (non-hydrogen) atoms. The summed E-state index contributed by atoms with van der Waals surface area (Å²) in [5.41, 5.74) is 8.83. The molecule has 0 bridgehead atoms. The van der Waals surface area contributed by atoms with Gasteiger partial charge in [-0.2, -0.15) is 0 Å². The Morgan fingerprint density at radius 3 is 1.52 bits per heavy atom. The second kappa shape index (κ2) is 39.0. The van der Waals surface area contributed by atoms with E-state index in [2.05, 4.69) is 49.8 Å². The van der Waals surface area contributed by atoms with Crippen LogP contribution in [-0.2, 0) is 0 Å². The SMILES string of the molecule is Cc1c[nH]ccc1=O.Cc1cc(=O)cc[nH]1.Cc1cc[nH]c(=O)c1.Cc1ccc(=O)[nH]c1.Cc1ccc(O)cn1.Cc1ccc[nH]c1=O.Cc1cccc(=O)[nH]1.Cc1ccncc1O.Cc1cncc(O)c1.Cc1ncccc1O. The van der Waals surface area contributed by atoms with E-state index >= 15 is 0 Å². The molecule has 10 aromatic heterocycles. The number of aromatic hydroxyl groups is 4. The van der Waals surface area contributed by atoms with Gasteiger partial charge in [0.1, 0.15) is 23.0 Å². The molecule has 0 aliphatic rings. The highest BCUT2D eigenvalue weighted by Gasteiger charge is 1.91. The molecule has 10 aromatic rings. The normalized spacial score (nSPS) is 9.12. The number of nitrogens with one attached hydrogen (secondary N) is 6. The molecule has 0 aliphatic heterocycles. The molecule has 0 unspecified atom stereocenters. The summed E-state index contributed by atoms with van der Waals surface area (Å²) in [6, 6.07) is 30.0. The third kappa shape index (κ3) is 34.1. The molecule has 0 aliphatic carbocycles. The maximum absolute atomic E-state index is 10.6. The Hall–Kier alpha value is -10.5. The molecule has 0 atom stereocenters. The molecule has 0 saturated heterocycles. The average Bonchev–Trinajstić information content (AvgIpc) is 3.41. The second-order valence-corrected chi connectivity index (χ2v) is 16.9. The van der Waals surface area contributed by atoms with Crippen LogP contribution in [0, 0.1) is 69.2 Å². The van der Waals surface area contributed by atoms with Gasteiger partial charge in [0.25, 0.3) is 5.56 Å². The predicted octanol–water partition coefficient (Wildman–Crippen LogP) is 8.48. The van der Waals surface area contributed by atoms with E-state index in [1.54, 1.807) is 149 Å². The molecule has 0 radical (unpaired) electrons. The molecule has 10 heterocycles. The summed E-state index contributed by atoms with van der Waals surface area (Å²) in [5.74, 6) is 0.959. The van der Waals surface area contributed by atoms with Gasteiger partial charge in [0, 0.05) is 120 Å². The van der Waals surface area contributed by atoms with Crippen LogP contribution >= 0.6 is 0 Å². The lowest BCUT2D eigenvalue weighted by Gasteiger charge is -1.91. The van der Waals surface area contributed by atoms with Gasteiger partial charge in [-0.1, -0.05) is 18.2 Å². The molecule has 0 fully saturated rings. The molecule has 20 nitrogen and oxygen atoms in total. The number of rotatable bonds is 0. The molecule has 0 amide bonds. The van der Waals surface area contributed by atoms with Gasteiger partial charge in [0.15, 0.2) is 10.9 Å². The van der Waals surface area contributed by atoms with Crippen molar-refractivity contribution in [3.8, 4) is 23.0 Å². The zero-order chi connectivity index (χ0) is 59.8. The number of pyridine rings is 10. The maximum atomic E-state index is 10.6. The van der Waals surface area contributed by atoms with Crippen LogP contribution in [0.3, 0.4) is 0 Å². The highest BCUT2D eigenvalue weighted by Crippen LogP contribution is 2.11. The van der Waals surface area contributed by atoms with E-state index in [1.807, 2.05) is 60.6 Å². The standard InChI is InChI=1S/10C6H7NO/c1-5-2-6(8)4-7-3-5;1-5-4-7-3-2-6(5)8;1-5-4-6(8)2-3-7-5;1-5-2-3-7-4-6(5)8;1-5-2-3-6(8)4-7-5;1-5-2-3-7-6(8)4-5;1-5-2-3-6(8)7-4-5;1-5-6(8)3-2-4-7-5;1-5-3-2-4-7-6(5)8;1-5-3-2-4-6(8)7-5/h2-4,8H,1H3;2*2-4H,1H3,(H,7,8);2*2-4,8H,1H3;2*2-4H,1H3,(H,7,8);2-4,8H,1H3;2*2-4H,1H3,(H,7,8). The fourth-order valence-electron chi connectivity index (χ4n) is 5.09. The predicted molar refractivity (Wildman–Crippen MR) is 313 cm³/mol. The van der Waals surface area contributed by atoms with Gasteiger partial charge >= 0.3 is 0 Å². The van der Waals surface area contributed by atoms with Gasteiger partial charge in [-0.15, -0.1) is 0 Å². The van der Waals surface area contributed by atoms with E-state index in [0.29, 0.717) is 5.69 Å². The number of nitrogens with zero attached hydrogens (tertiary/aromatic N) is 4. The van der Waals surface area contributed by atoms with Crippen molar-refractivity contribution in [3.63, 3.8) is 0 Å². The number of aryl methyl sites for hydroxylation is 10. The Balaban J connectivity index is 0.000000444. The van der Waals surface area contributed by atoms with Crippen LogP contribution in [0.5, 0.6) is 23.0 Å². The highest BCUT2D eigenvalue weighted by molar-refractivity contribution is 5.26. The van der Waals surface area contributed by atoms with E-state index in [-0.39, 0.29) is 56.1 Å². The molecular weight excluding hydrogens is 1020 g/mol. The Labute approximate surface area is 462 Å². The molecule has 0 saturated carbocycles.